The molecule has 0 saturated carbocycles. The normalized spacial score (nSPS) is 11.1. The zero-order valence-electron chi connectivity index (χ0n) is 14.7. The Morgan fingerprint density at radius 2 is 1.59 bits per heavy atom. The van der Waals surface area contributed by atoms with Gasteiger partial charge in [-0.15, -0.1) is 0 Å². The predicted molar refractivity (Wildman–Crippen MR) is 104 cm³/mol. The van der Waals surface area contributed by atoms with E-state index in [4.69, 9.17) is 37.1 Å². The number of methoxy groups -OCH3 is 2. The molecule has 0 aliphatic carbocycles. The van der Waals surface area contributed by atoms with E-state index >= 15 is 0 Å². The third kappa shape index (κ3) is 5.04. The molecular formula is C20H18Cl2O5. The van der Waals surface area contributed by atoms with Gasteiger partial charge in [0.2, 0.25) is 0 Å². The summed E-state index contributed by atoms with van der Waals surface area (Å²) in [5.74, 6) is 1.48. The lowest BCUT2D eigenvalue weighted by molar-refractivity contribution is 0.112. The first-order valence-corrected chi connectivity index (χ1v) is 8.60. The Hall–Kier alpha value is -2.47. The summed E-state index contributed by atoms with van der Waals surface area (Å²) >= 11 is 11.7. The van der Waals surface area contributed by atoms with Crippen LogP contribution in [-0.2, 0) is 0 Å². The molecule has 0 amide bonds. The van der Waals surface area contributed by atoms with Crippen molar-refractivity contribution in [3.8, 4) is 11.5 Å². The molecule has 2 aromatic carbocycles. The van der Waals surface area contributed by atoms with Gasteiger partial charge in [0.05, 0.1) is 36.1 Å². The van der Waals surface area contributed by atoms with Crippen LogP contribution in [0.4, 0.5) is 0 Å². The Morgan fingerprint density at radius 1 is 0.963 bits per heavy atom. The summed E-state index contributed by atoms with van der Waals surface area (Å²) in [7, 11) is 3.03. The maximum Gasteiger partial charge on any atom is 0.155 e. The summed E-state index contributed by atoms with van der Waals surface area (Å²) in [6.07, 6.45) is 1.27. The molecule has 5 nitrogen and oxygen atoms in total. The van der Waals surface area contributed by atoms with E-state index in [0.717, 1.165) is 0 Å². The first-order valence-electron chi connectivity index (χ1n) is 7.85. The van der Waals surface area contributed by atoms with E-state index < -0.39 is 6.10 Å². The van der Waals surface area contributed by atoms with Gasteiger partial charge in [-0.3, -0.25) is 4.79 Å². The second kappa shape index (κ2) is 10.0. The molecule has 0 fully saturated rings. The molecule has 1 atom stereocenters. The van der Waals surface area contributed by atoms with Gasteiger partial charge in [-0.25, -0.2) is 0 Å². The number of rotatable bonds is 5. The molecule has 142 valence electrons. The Labute approximate surface area is 167 Å². The molecule has 27 heavy (non-hydrogen) atoms. The topological polar surface area (TPSA) is 68.9 Å². The minimum atomic E-state index is -0.918. The van der Waals surface area contributed by atoms with Crippen molar-refractivity contribution in [3.05, 3.63) is 81.7 Å². The highest BCUT2D eigenvalue weighted by Crippen LogP contribution is 2.35. The highest BCUT2D eigenvalue weighted by molar-refractivity contribution is 6.33. The fourth-order valence-corrected chi connectivity index (χ4v) is 2.84. The molecule has 1 unspecified atom stereocenters. The molecule has 0 aliphatic heterocycles. The zero-order chi connectivity index (χ0) is 19.8. The fraction of sp³-hybridized carbons (Fsp3) is 0.150. The van der Waals surface area contributed by atoms with Gasteiger partial charge in [0.1, 0.15) is 23.4 Å². The lowest BCUT2D eigenvalue weighted by Gasteiger charge is -2.14. The average molecular weight is 409 g/mol. The maximum atomic E-state index is 10.4. The first kappa shape index (κ1) is 20.8. The van der Waals surface area contributed by atoms with Crippen LogP contribution in [0.25, 0.3) is 0 Å². The van der Waals surface area contributed by atoms with Crippen molar-refractivity contribution >= 4 is 29.5 Å². The molecule has 0 radical (unpaired) electrons. The van der Waals surface area contributed by atoms with Crippen molar-refractivity contribution in [1.29, 1.82) is 0 Å². The number of hydrogen-bond acceptors (Lipinski definition) is 5. The molecular weight excluding hydrogens is 391 g/mol. The molecule has 1 heterocycles. The van der Waals surface area contributed by atoms with Gasteiger partial charge in [-0.05, 0) is 36.4 Å². The highest BCUT2D eigenvalue weighted by Gasteiger charge is 2.20. The van der Waals surface area contributed by atoms with Crippen LogP contribution in [0.2, 0.25) is 10.0 Å². The number of hydrogen-bond donors (Lipinski definition) is 1. The number of aliphatic hydroxyl groups excluding tert-OH is 1. The van der Waals surface area contributed by atoms with Gasteiger partial charge < -0.3 is 19.0 Å². The second-order valence-corrected chi connectivity index (χ2v) is 6.06. The zero-order valence-corrected chi connectivity index (χ0v) is 16.2. The summed E-state index contributed by atoms with van der Waals surface area (Å²) in [5, 5.41) is 11.0. The molecule has 7 heteroatoms. The van der Waals surface area contributed by atoms with E-state index in [9.17, 15) is 9.90 Å². The summed E-state index contributed by atoms with van der Waals surface area (Å²) in [6, 6.07) is 13.7. The van der Waals surface area contributed by atoms with Gasteiger partial charge in [0.15, 0.2) is 6.29 Å². The third-order valence-electron chi connectivity index (χ3n) is 3.67. The average Bonchev–Trinajstić information content (AvgIpc) is 3.22. The summed E-state index contributed by atoms with van der Waals surface area (Å²) < 4.78 is 15.2. The number of carbonyl (C=O) groups is 1. The number of benzene rings is 2. The van der Waals surface area contributed by atoms with Gasteiger partial charge in [0, 0.05) is 5.56 Å². The first-order chi connectivity index (χ1) is 13.0. The van der Waals surface area contributed by atoms with Crippen molar-refractivity contribution in [2.24, 2.45) is 0 Å². The Morgan fingerprint density at radius 3 is 2.11 bits per heavy atom. The molecule has 0 spiro atoms. The van der Waals surface area contributed by atoms with Crippen molar-refractivity contribution in [1.82, 2.24) is 0 Å². The SMILES string of the molecule is COc1cccc(Cl)c1C(O)c1ccco1.COc1cccc(Cl)c1C=O. The van der Waals surface area contributed by atoms with E-state index in [1.165, 1.54) is 20.5 Å². The van der Waals surface area contributed by atoms with Crippen molar-refractivity contribution in [2.45, 2.75) is 6.10 Å². The van der Waals surface area contributed by atoms with Crippen LogP contribution in [0.15, 0.2) is 59.2 Å². The van der Waals surface area contributed by atoms with Crippen LogP contribution in [0, 0.1) is 0 Å². The molecule has 0 bridgehead atoms. The van der Waals surface area contributed by atoms with Crippen molar-refractivity contribution in [3.63, 3.8) is 0 Å². The van der Waals surface area contributed by atoms with Crippen LogP contribution in [-0.4, -0.2) is 25.6 Å². The van der Waals surface area contributed by atoms with Crippen LogP contribution in [0.5, 0.6) is 11.5 Å². The van der Waals surface area contributed by atoms with E-state index in [2.05, 4.69) is 0 Å². The minimum absolute atomic E-state index is 0.400. The summed E-state index contributed by atoms with van der Waals surface area (Å²) in [4.78, 5) is 10.4. The highest BCUT2D eigenvalue weighted by atomic mass is 35.5. The number of aliphatic hydroxyl groups is 1. The standard InChI is InChI=1S/C12H11ClO3.C8H7ClO2/c1-15-9-5-2-4-8(13)11(9)12(14)10-6-3-7-16-10;1-11-8-4-2-3-7(9)6(8)5-10/h2-7,12,14H,1H3;2-5H,1H3. The van der Waals surface area contributed by atoms with E-state index in [1.54, 1.807) is 48.5 Å². The smallest absolute Gasteiger partial charge is 0.155 e. The lowest BCUT2D eigenvalue weighted by Crippen LogP contribution is -2.02. The van der Waals surface area contributed by atoms with Crippen LogP contribution < -0.4 is 9.47 Å². The fourth-order valence-electron chi connectivity index (χ4n) is 2.36. The number of ether oxygens (including phenoxy) is 2. The van der Waals surface area contributed by atoms with Gasteiger partial charge >= 0.3 is 0 Å². The van der Waals surface area contributed by atoms with E-state index in [-0.39, 0.29) is 0 Å². The van der Waals surface area contributed by atoms with Gasteiger partial charge in [-0.2, -0.15) is 0 Å². The van der Waals surface area contributed by atoms with Crippen LogP contribution in [0.3, 0.4) is 0 Å². The molecule has 1 N–H and O–H groups in total. The van der Waals surface area contributed by atoms with Crippen LogP contribution >= 0.6 is 23.2 Å². The third-order valence-corrected chi connectivity index (χ3v) is 4.33. The molecule has 0 aliphatic rings. The summed E-state index contributed by atoms with van der Waals surface area (Å²) in [5.41, 5.74) is 0.915. The van der Waals surface area contributed by atoms with Crippen LogP contribution in [0.1, 0.15) is 27.8 Å². The van der Waals surface area contributed by atoms with Gasteiger partial charge in [-0.1, -0.05) is 35.3 Å². The monoisotopic (exact) mass is 408 g/mol. The lowest BCUT2D eigenvalue weighted by atomic mass is 10.1. The van der Waals surface area contributed by atoms with E-state index in [0.29, 0.717) is 44.7 Å². The molecule has 1 aromatic heterocycles. The predicted octanol–water partition coefficient (Wildman–Crippen LogP) is 5.18. The quantitative estimate of drug-likeness (QED) is 0.588. The number of carbonyl (C=O) groups excluding carboxylic acids is 1. The Bertz CT molecular complexity index is 878. The van der Waals surface area contributed by atoms with Crippen molar-refractivity contribution < 1.29 is 23.8 Å². The Kier molecular flexibility index (Phi) is 7.73. The molecule has 0 saturated heterocycles. The second-order valence-electron chi connectivity index (χ2n) is 5.25. The molecule has 3 rings (SSSR count). The number of furan rings is 1. The van der Waals surface area contributed by atoms with E-state index in [1.807, 2.05) is 0 Å². The number of halogens is 2. The van der Waals surface area contributed by atoms with Crippen molar-refractivity contribution in [2.75, 3.05) is 14.2 Å². The Balaban J connectivity index is 0.000000208. The minimum Gasteiger partial charge on any atom is -0.496 e. The number of aldehydes is 1. The molecule has 3 aromatic rings. The van der Waals surface area contributed by atoms with Gasteiger partial charge in [0.25, 0.3) is 0 Å². The largest absolute Gasteiger partial charge is 0.496 e. The maximum absolute atomic E-state index is 10.4. The summed E-state index contributed by atoms with van der Waals surface area (Å²) in [6.45, 7) is 0.